The highest BCUT2D eigenvalue weighted by Gasteiger charge is 2.11. The molecule has 0 aliphatic carbocycles. The van der Waals surface area contributed by atoms with Crippen LogP contribution in [-0.2, 0) is 11.3 Å². The van der Waals surface area contributed by atoms with Crippen LogP contribution in [0.5, 0.6) is 0 Å². The topological polar surface area (TPSA) is 35.6 Å². The lowest BCUT2D eigenvalue weighted by molar-refractivity contribution is -0.131. The highest BCUT2D eigenvalue weighted by atomic mass is 16.2. The molecule has 0 heterocycles. The molecule has 1 N–H and O–H groups in total. The molecule has 1 aromatic rings. The van der Waals surface area contributed by atoms with Crippen LogP contribution in [0.1, 0.15) is 17.5 Å². The third kappa shape index (κ3) is 6.17. The number of likely N-dealkylation sites (N-methyl/N-ethyl adjacent to an activating group) is 2. The smallest absolute Gasteiger partial charge is 0.236 e. The zero-order valence-electron chi connectivity index (χ0n) is 13.1. The molecule has 0 radical (unpaired) electrons. The Morgan fingerprint density at radius 2 is 1.85 bits per heavy atom. The molecule has 20 heavy (non-hydrogen) atoms. The first-order valence-corrected chi connectivity index (χ1v) is 7.15. The zero-order valence-corrected chi connectivity index (χ0v) is 13.1. The molecule has 1 rings (SSSR count). The van der Waals surface area contributed by atoms with Crippen molar-refractivity contribution in [1.82, 2.24) is 15.1 Å². The average Bonchev–Trinajstić information content (AvgIpc) is 2.41. The Labute approximate surface area is 122 Å². The van der Waals surface area contributed by atoms with Crippen molar-refractivity contribution in [3.63, 3.8) is 0 Å². The van der Waals surface area contributed by atoms with Crippen LogP contribution in [0, 0.1) is 6.92 Å². The molecule has 112 valence electrons. The molecule has 0 atom stereocenters. The lowest BCUT2D eigenvalue weighted by Crippen LogP contribution is -2.37. The van der Waals surface area contributed by atoms with Gasteiger partial charge in [-0.3, -0.25) is 9.69 Å². The molecular formula is C16H27N3O. The van der Waals surface area contributed by atoms with Gasteiger partial charge in [-0.05, 0) is 46.1 Å². The zero-order chi connectivity index (χ0) is 15.0. The van der Waals surface area contributed by atoms with E-state index in [4.69, 9.17) is 0 Å². The van der Waals surface area contributed by atoms with Crippen molar-refractivity contribution < 1.29 is 4.79 Å². The van der Waals surface area contributed by atoms with Crippen molar-refractivity contribution in [1.29, 1.82) is 0 Å². The highest BCUT2D eigenvalue weighted by Crippen LogP contribution is 2.06. The quantitative estimate of drug-likeness (QED) is 0.731. The van der Waals surface area contributed by atoms with E-state index in [0.717, 1.165) is 19.5 Å². The summed E-state index contributed by atoms with van der Waals surface area (Å²) in [5.74, 6) is 0.164. The van der Waals surface area contributed by atoms with Crippen LogP contribution >= 0.6 is 0 Å². The first kappa shape index (κ1) is 16.7. The SMILES string of the molecule is CNCCCN(C)CC(=O)N(C)Cc1ccc(C)cc1. The average molecular weight is 277 g/mol. The summed E-state index contributed by atoms with van der Waals surface area (Å²) < 4.78 is 0. The Hall–Kier alpha value is -1.39. The number of benzene rings is 1. The fourth-order valence-corrected chi connectivity index (χ4v) is 2.01. The van der Waals surface area contributed by atoms with E-state index in [2.05, 4.69) is 41.4 Å². The second kappa shape index (κ2) is 8.72. The van der Waals surface area contributed by atoms with E-state index in [1.54, 1.807) is 4.90 Å². The van der Waals surface area contributed by atoms with Crippen LogP contribution in [-0.4, -0.2) is 56.5 Å². The van der Waals surface area contributed by atoms with Crippen LogP contribution in [0.4, 0.5) is 0 Å². The molecule has 0 saturated heterocycles. The first-order valence-electron chi connectivity index (χ1n) is 7.15. The van der Waals surface area contributed by atoms with Crippen LogP contribution in [0.15, 0.2) is 24.3 Å². The Balaban J connectivity index is 2.36. The summed E-state index contributed by atoms with van der Waals surface area (Å²) in [4.78, 5) is 16.0. The number of hydrogen-bond donors (Lipinski definition) is 1. The fraction of sp³-hybridized carbons (Fsp3) is 0.562. The first-order chi connectivity index (χ1) is 9.52. The van der Waals surface area contributed by atoms with Gasteiger partial charge in [0, 0.05) is 13.6 Å². The Kier molecular flexibility index (Phi) is 7.26. The number of aryl methyl sites for hydroxylation is 1. The van der Waals surface area contributed by atoms with Crippen LogP contribution in [0.3, 0.4) is 0 Å². The summed E-state index contributed by atoms with van der Waals surface area (Å²) in [6, 6.07) is 8.32. The van der Waals surface area contributed by atoms with E-state index in [9.17, 15) is 4.79 Å². The highest BCUT2D eigenvalue weighted by molar-refractivity contribution is 5.77. The number of amides is 1. The summed E-state index contributed by atoms with van der Waals surface area (Å²) in [5.41, 5.74) is 2.41. The maximum atomic E-state index is 12.1. The summed E-state index contributed by atoms with van der Waals surface area (Å²) in [6.45, 7) is 5.14. The van der Waals surface area contributed by atoms with Crippen LogP contribution in [0.2, 0.25) is 0 Å². The van der Waals surface area contributed by atoms with Gasteiger partial charge in [-0.2, -0.15) is 0 Å². The van der Waals surface area contributed by atoms with Gasteiger partial charge in [-0.1, -0.05) is 29.8 Å². The van der Waals surface area contributed by atoms with Crippen molar-refractivity contribution in [3.8, 4) is 0 Å². The normalized spacial score (nSPS) is 10.8. The fourth-order valence-electron chi connectivity index (χ4n) is 2.01. The second-order valence-electron chi connectivity index (χ2n) is 5.43. The maximum absolute atomic E-state index is 12.1. The van der Waals surface area contributed by atoms with Crippen LogP contribution < -0.4 is 5.32 Å². The van der Waals surface area contributed by atoms with Crippen molar-refractivity contribution in [2.45, 2.75) is 19.9 Å². The number of rotatable bonds is 8. The van der Waals surface area contributed by atoms with E-state index in [-0.39, 0.29) is 5.91 Å². The second-order valence-corrected chi connectivity index (χ2v) is 5.43. The minimum atomic E-state index is 0.164. The summed E-state index contributed by atoms with van der Waals surface area (Å²) in [5, 5.41) is 3.11. The van der Waals surface area contributed by atoms with Gasteiger partial charge in [-0.15, -0.1) is 0 Å². The molecule has 0 saturated carbocycles. The summed E-state index contributed by atoms with van der Waals surface area (Å²) in [7, 11) is 5.80. The Bertz CT molecular complexity index is 403. The minimum absolute atomic E-state index is 0.164. The molecule has 1 aromatic carbocycles. The number of nitrogens with one attached hydrogen (secondary N) is 1. The van der Waals surface area contributed by atoms with Crippen molar-refractivity contribution >= 4 is 5.91 Å². The van der Waals surface area contributed by atoms with E-state index in [0.29, 0.717) is 13.1 Å². The molecule has 0 unspecified atom stereocenters. The molecule has 4 heteroatoms. The number of carbonyl (C=O) groups excluding carboxylic acids is 1. The van der Waals surface area contributed by atoms with Gasteiger partial charge in [0.15, 0.2) is 0 Å². The van der Waals surface area contributed by atoms with E-state index in [1.165, 1.54) is 11.1 Å². The van der Waals surface area contributed by atoms with Gasteiger partial charge in [0.2, 0.25) is 5.91 Å². The largest absolute Gasteiger partial charge is 0.340 e. The Morgan fingerprint density at radius 1 is 1.20 bits per heavy atom. The van der Waals surface area contributed by atoms with Gasteiger partial charge in [0.1, 0.15) is 0 Å². The van der Waals surface area contributed by atoms with E-state index >= 15 is 0 Å². The minimum Gasteiger partial charge on any atom is -0.340 e. The van der Waals surface area contributed by atoms with Gasteiger partial charge < -0.3 is 10.2 Å². The van der Waals surface area contributed by atoms with Crippen molar-refractivity contribution in [2.24, 2.45) is 0 Å². The molecule has 0 aliphatic heterocycles. The van der Waals surface area contributed by atoms with Gasteiger partial charge in [-0.25, -0.2) is 0 Å². The van der Waals surface area contributed by atoms with Crippen molar-refractivity contribution in [3.05, 3.63) is 35.4 Å². The predicted octanol–water partition coefficient (Wildman–Crippen LogP) is 1.49. The van der Waals surface area contributed by atoms with E-state index < -0.39 is 0 Å². The number of nitrogens with zero attached hydrogens (tertiary/aromatic N) is 2. The molecular weight excluding hydrogens is 250 g/mol. The molecule has 1 amide bonds. The predicted molar refractivity (Wildman–Crippen MR) is 83.7 cm³/mol. The number of hydrogen-bond acceptors (Lipinski definition) is 3. The van der Waals surface area contributed by atoms with Gasteiger partial charge in [0.25, 0.3) is 0 Å². The Morgan fingerprint density at radius 3 is 2.45 bits per heavy atom. The van der Waals surface area contributed by atoms with Gasteiger partial charge >= 0.3 is 0 Å². The van der Waals surface area contributed by atoms with Crippen LogP contribution in [0.25, 0.3) is 0 Å². The standard InChI is InChI=1S/C16H27N3O/c1-14-6-8-15(9-7-14)12-19(4)16(20)13-18(3)11-5-10-17-2/h6-9,17H,5,10-13H2,1-4H3. The molecule has 0 aliphatic rings. The lowest BCUT2D eigenvalue weighted by Gasteiger charge is -2.22. The monoisotopic (exact) mass is 277 g/mol. The van der Waals surface area contributed by atoms with E-state index in [1.807, 2.05) is 21.1 Å². The number of carbonyl (C=O) groups is 1. The molecule has 0 aromatic heterocycles. The lowest BCUT2D eigenvalue weighted by atomic mass is 10.1. The molecule has 0 spiro atoms. The summed E-state index contributed by atoms with van der Waals surface area (Å²) in [6.07, 6.45) is 1.06. The third-order valence-corrected chi connectivity index (χ3v) is 3.34. The molecule has 0 fully saturated rings. The molecule has 4 nitrogen and oxygen atoms in total. The summed E-state index contributed by atoms with van der Waals surface area (Å²) >= 11 is 0. The van der Waals surface area contributed by atoms with Crippen molar-refractivity contribution in [2.75, 3.05) is 40.8 Å². The maximum Gasteiger partial charge on any atom is 0.236 e. The molecule has 0 bridgehead atoms. The van der Waals surface area contributed by atoms with Gasteiger partial charge in [0.05, 0.1) is 6.54 Å². The third-order valence-electron chi connectivity index (χ3n) is 3.34.